The van der Waals surface area contributed by atoms with Crippen LogP contribution in [0.5, 0.6) is 5.75 Å². The van der Waals surface area contributed by atoms with Crippen molar-refractivity contribution in [3.05, 3.63) is 48.5 Å². The Labute approximate surface area is 185 Å². The van der Waals surface area contributed by atoms with Gasteiger partial charge in [0.2, 0.25) is 17.7 Å². The van der Waals surface area contributed by atoms with Crippen LogP contribution in [0.4, 0.5) is 11.4 Å². The van der Waals surface area contributed by atoms with Gasteiger partial charge in [-0.2, -0.15) is 8.42 Å². The summed E-state index contributed by atoms with van der Waals surface area (Å²) in [6, 6.07) is 11.7. The standard InChI is InChI=1S/C23H22N2O6S/c1-13(26)24-16-8-10-17(11-9-16)32(29,30)31-19-5-3-2-4-18(19)25-22(27)20-14-6-7-15(12-14)21(20)23(25)28/h2-5,8-11,14-15,20-21H,6-7,12H2,1H3,(H,24,26)/t14-,15-,20-,21+/m1/s1. The Hall–Kier alpha value is -3.20. The highest BCUT2D eigenvalue weighted by Gasteiger charge is 2.61. The fraction of sp³-hybridized carbons (Fsp3) is 0.348. The minimum atomic E-state index is -4.24. The van der Waals surface area contributed by atoms with Crippen molar-refractivity contribution in [1.29, 1.82) is 0 Å². The molecule has 1 N–H and O–H groups in total. The van der Waals surface area contributed by atoms with E-state index in [1.54, 1.807) is 12.1 Å². The van der Waals surface area contributed by atoms with E-state index in [2.05, 4.69) is 5.32 Å². The van der Waals surface area contributed by atoms with E-state index in [0.717, 1.165) is 24.2 Å². The molecule has 8 nitrogen and oxygen atoms in total. The number of carbonyl (C=O) groups excluding carboxylic acids is 3. The third-order valence-corrected chi connectivity index (χ3v) is 7.94. The summed E-state index contributed by atoms with van der Waals surface area (Å²) in [6.45, 7) is 1.35. The minimum absolute atomic E-state index is 0.0764. The molecule has 0 spiro atoms. The van der Waals surface area contributed by atoms with Crippen molar-refractivity contribution in [2.45, 2.75) is 31.1 Å². The number of nitrogens with one attached hydrogen (secondary N) is 1. The number of hydrogen-bond donors (Lipinski definition) is 1. The monoisotopic (exact) mass is 454 g/mol. The summed E-state index contributed by atoms with van der Waals surface area (Å²) in [6.07, 6.45) is 2.83. The Balaban J connectivity index is 1.44. The zero-order chi connectivity index (χ0) is 22.6. The molecule has 2 aromatic carbocycles. The summed E-state index contributed by atoms with van der Waals surface area (Å²) in [5.74, 6) is -1.05. The first-order valence-electron chi connectivity index (χ1n) is 10.6. The van der Waals surface area contributed by atoms with Gasteiger partial charge < -0.3 is 9.50 Å². The third-order valence-electron chi connectivity index (χ3n) is 6.70. The Bertz CT molecular complexity index is 1200. The topological polar surface area (TPSA) is 110 Å². The molecular formula is C23H22N2O6S. The van der Waals surface area contributed by atoms with Crippen LogP contribution in [0.3, 0.4) is 0 Å². The fourth-order valence-corrected chi connectivity index (χ4v) is 6.38. The molecule has 2 aromatic rings. The van der Waals surface area contributed by atoms with Crippen LogP contribution in [0.25, 0.3) is 0 Å². The van der Waals surface area contributed by atoms with Crippen LogP contribution < -0.4 is 14.4 Å². The van der Waals surface area contributed by atoms with Crippen LogP contribution in [-0.2, 0) is 24.5 Å². The highest BCUT2D eigenvalue weighted by atomic mass is 32.2. The molecule has 3 aliphatic rings. The number of anilines is 2. The van der Waals surface area contributed by atoms with Gasteiger partial charge in [0, 0.05) is 12.6 Å². The molecule has 5 rings (SSSR count). The van der Waals surface area contributed by atoms with Crippen LogP contribution in [0.15, 0.2) is 53.4 Å². The van der Waals surface area contributed by atoms with Gasteiger partial charge >= 0.3 is 10.1 Å². The van der Waals surface area contributed by atoms with Gasteiger partial charge in [-0.05, 0) is 67.5 Å². The number of rotatable bonds is 5. The maximum atomic E-state index is 13.2. The number of carbonyl (C=O) groups is 3. The molecule has 2 bridgehead atoms. The Morgan fingerprint density at radius 3 is 2.16 bits per heavy atom. The van der Waals surface area contributed by atoms with Gasteiger partial charge in [-0.3, -0.25) is 14.4 Å². The second-order valence-corrected chi connectivity index (χ2v) is 10.2. The summed E-state index contributed by atoms with van der Waals surface area (Å²) in [7, 11) is -4.24. The first-order valence-corrected chi connectivity index (χ1v) is 12.0. The molecule has 1 saturated heterocycles. The summed E-state index contributed by atoms with van der Waals surface area (Å²) in [4.78, 5) is 38.5. The average Bonchev–Trinajstić information content (AvgIpc) is 3.42. The third kappa shape index (κ3) is 3.28. The first-order chi connectivity index (χ1) is 15.3. The maximum Gasteiger partial charge on any atom is 0.339 e. The molecule has 0 aromatic heterocycles. The zero-order valence-corrected chi connectivity index (χ0v) is 18.2. The van der Waals surface area contributed by atoms with E-state index < -0.39 is 10.1 Å². The van der Waals surface area contributed by atoms with Crippen LogP contribution in [0, 0.1) is 23.7 Å². The summed E-state index contributed by atoms with van der Waals surface area (Å²) in [5.41, 5.74) is 0.598. The molecule has 2 aliphatic carbocycles. The lowest BCUT2D eigenvalue weighted by molar-refractivity contribution is -0.123. The van der Waals surface area contributed by atoms with Crippen molar-refractivity contribution in [2.24, 2.45) is 23.7 Å². The van der Waals surface area contributed by atoms with Crippen LogP contribution in [-0.4, -0.2) is 26.1 Å². The van der Waals surface area contributed by atoms with E-state index in [1.807, 2.05) is 0 Å². The first kappa shape index (κ1) is 20.7. The van der Waals surface area contributed by atoms with Crippen molar-refractivity contribution in [3.63, 3.8) is 0 Å². The number of benzene rings is 2. The SMILES string of the molecule is CC(=O)Nc1ccc(S(=O)(=O)Oc2ccccc2N2C(=O)[C@@H]3[C@@H]4CC[C@H](C4)[C@@H]3C2=O)cc1. The molecule has 0 radical (unpaired) electrons. The van der Waals surface area contributed by atoms with Crippen molar-refractivity contribution >= 4 is 39.2 Å². The van der Waals surface area contributed by atoms with Gasteiger partial charge in [-0.1, -0.05) is 12.1 Å². The highest BCUT2D eigenvalue weighted by molar-refractivity contribution is 7.87. The number of amides is 3. The second kappa shape index (κ2) is 7.44. The number of imide groups is 1. The van der Waals surface area contributed by atoms with Gasteiger partial charge in [0.05, 0.1) is 17.5 Å². The van der Waals surface area contributed by atoms with E-state index in [4.69, 9.17) is 4.18 Å². The van der Waals surface area contributed by atoms with Crippen LogP contribution >= 0.6 is 0 Å². The molecule has 2 saturated carbocycles. The predicted molar refractivity (Wildman–Crippen MR) is 115 cm³/mol. The molecule has 166 valence electrons. The molecule has 32 heavy (non-hydrogen) atoms. The lowest BCUT2D eigenvalue weighted by atomic mass is 9.81. The maximum absolute atomic E-state index is 13.2. The lowest BCUT2D eigenvalue weighted by Crippen LogP contribution is -2.33. The van der Waals surface area contributed by atoms with Crippen molar-refractivity contribution in [1.82, 2.24) is 0 Å². The number of fused-ring (bicyclic) bond motifs is 5. The summed E-state index contributed by atoms with van der Waals surface area (Å²) in [5, 5.41) is 2.56. The highest BCUT2D eigenvalue weighted by Crippen LogP contribution is 2.57. The van der Waals surface area contributed by atoms with Gasteiger partial charge in [-0.15, -0.1) is 0 Å². The Kier molecular flexibility index (Phi) is 4.81. The number of para-hydroxylation sites is 2. The molecule has 1 heterocycles. The van der Waals surface area contributed by atoms with Gasteiger partial charge in [0.15, 0.2) is 5.75 Å². The molecule has 4 atom stereocenters. The lowest BCUT2D eigenvalue weighted by Gasteiger charge is -2.20. The molecule has 3 amide bonds. The van der Waals surface area contributed by atoms with Gasteiger partial charge in [-0.25, -0.2) is 4.90 Å². The predicted octanol–water partition coefficient (Wildman–Crippen LogP) is 2.95. The fourth-order valence-electron chi connectivity index (χ4n) is 5.43. The quantitative estimate of drug-likeness (QED) is 0.550. The van der Waals surface area contributed by atoms with Crippen molar-refractivity contribution in [2.75, 3.05) is 10.2 Å². The van der Waals surface area contributed by atoms with Crippen molar-refractivity contribution in [3.8, 4) is 5.75 Å². The molecule has 1 aliphatic heterocycles. The smallest absolute Gasteiger partial charge is 0.339 e. The number of nitrogens with zero attached hydrogens (tertiary/aromatic N) is 1. The Morgan fingerprint density at radius 1 is 0.969 bits per heavy atom. The molecular weight excluding hydrogens is 432 g/mol. The van der Waals surface area contributed by atoms with E-state index in [1.165, 1.54) is 43.3 Å². The molecule has 9 heteroatoms. The van der Waals surface area contributed by atoms with E-state index in [0.29, 0.717) is 5.69 Å². The van der Waals surface area contributed by atoms with Gasteiger partial charge in [0.1, 0.15) is 4.90 Å². The van der Waals surface area contributed by atoms with Crippen LogP contribution in [0.2, 0.25) is 0 Å². The van der Waals surface area contributed by atoms with E-state index in [-0.39, 0.29) is 57.7 Å². The summed E-state index contributed by atoms with van der Waals surface area (Å²) >= 11 is 0. The average molecular weight is 455 g/mol. The Morgan fingerprint density at radius 2 is 1.56 bits per heavy atom. The zero-order valence-electron chi connectivity index (χ0n) is 17.4. The second-order valence-electron chi connectivity index (χ2n) is 8.61. The van der Waals surface area contributed by atoms with E-state index in [9.17, 15) is 22.8 Å². The van der Waals surface area contributed by atoms with Crippen LogP contribution in [0.1, 0.15) is 26.2 Å². The minimum Gasteiger partial charge on any atom is -0.377 e. The normalized spacial score (nSPS) is 26.3. The molecule has 0 unspecified atom stereocenters. The van der Waals surface area contributed by atoms with E-state index >= 15 is 0 Å². The van der Waals surface area contributed by atoms with Gasteiger partial charge in [0.25, 0.3) is 0 Å². The number of hydrogen-bond acceptors (Lipinski definition) is 6. The van der Waals surface area contributed by atoms with Crippen molar-refractivity contribution < 1.29 is 27.0 Å². The largest absolute Gasteiger partial charge is 0.377 e. The summed E-state index contributed by atoms with van der Waals surface area (Å²) < 4.78 is 31.1. The molecule has 3 fully saturated rings.